The fourth-order valence-electron chi connectivity index (χ4n) is 6.58. The van der Waals surface area contributed by atoms with Gasteiger partial charge in [-0.25, -0.2) is 0 Å². The second kappa shape index (κ2) is 40.8. The Morgan fingerprint density at radius 2 is 0.966 bits per heavy atom. The lowest BCUT2D eigenvalue weighted by Gasteiger charge is -2.34. The van der Waals surface area contributed by atoms with Crippen LogP contribution in [0.5, 0.6) is 0 Å². The molecule has 58 heavy (non-hydrogen) atoms. The van der Waals surface area contributed by atoms with Crippen LogP contribution in [0.4, 0.5) is 0 Å². The summed E-state index contributed by atoms with van der Waals surface area (Å²) in [5.41, 5.74) is 0. The second-order valence-electron chi connectivity index (χ2n) is 16.6. The van der Waals surface area contributed by atoms with E-state index in [9.17, 15) is 19.5 Å². The van der Waals surface area contributed by atoms with Crippen LogP contribution in [0.2, 0.25) is 0 Å². The number of hydrogen-bond donors (Lipinski definition) is 0. The summed E-state index contributed by atoms with van der Waals surface area (Å²) in [6.45, 7) is 4.50. The third-order valence-corrected chi connectivity index (χ3v) is 10.2. The second-order valence-corrected chi connectivity index (χ2v) is 16.6. The van der Waals surface area contributed by atoms with Crippen LogP contribution in [0, 0.1) is 0 Å². The number of rotatable bonds is 41. The molecule has 0 amide bonds. The van der Waals surface area contributed by atoms with Gasteiger partial charge in [-0.3, -0.25) is 9.59 Å². The highest BCUT2D eigenvalue weighted by Gasteiger charge is 2.25. The molecule has 0 heterocycles. The van der Waals surface area contributed by atoms with Gasteiger partial charge in [-0.15, -0.1) is 0 Å². The van der Waals surface area contributed by atoms with Crippen molar-refractivity contribution in [2.24, 2.45) is 0 Å². The van der Waals surface area contributed by atoms with Gasteiger partial charge in [0.25, 0.3) is 0 Å². The van der Waals surface area contributed by atoms with Crippen LogP contribution < -0.4 is 5.11 Å². The lowest BCUT2D eigenvalue weighted by atomic mass is 10.0. The van der Waals surface area contributed by atoms with Crippen LogP contribution in [0.25, 0.3) is 0 Å². The molecule has 0 aliphatic rings. The molecule has 0 aromatic heterocycles. The number of quaternary nitrogens is 1. The highest BCUT2D eigenvalue weighted by molar-refractivity contribution is 5.70. The zero-order chi connectivity index (χ0) is 42.8. The van der Waals surface area contributed by atoms with Gasteiger partial charge in [-0.2, -0.15) is 0 Å². The topological polar surface area (TPSA) is 102 Å². The summed E-state index contributed by atoms with van der Waals surface area (Å²) in [6, 6.07) is -0.737. The Morgan fingerprint density at radius 1 is 0.534 bits per heavy atom. The molecule has 0 aromatic rings. The van der Waals surface area contributed by atoms with Crippen LogP contribution in [0.1, 0.15) is 187 Å². The molecule has 0 aliphatic carbocycles. The van der Waals surface area contributed by atoms with Gasteiger partial charge in [0.15, 0.2) is 6.10 Å². The SMILES string of the molecule is CC/C=C/C/C=C/C/C=C/C/C=C/C/C=C/CCCC(=O)OC(COCCC(C(=O)[O-])[N+](C)(C)C)COC(=O)CCCCCCCCCCCCCCCCCCC. The summed E-state index contributed by atoms with van der Waals surface area (Å²) in [6.07, 6.45) is 49.7. The standard InChI is InChI=1S/C50H87NO7/c1-6-8-10-12-14-16-18-20-22-24-26-28-30-32-34-36-38-40-48(52)57-45-46(44-56-43-42-47(50(54)55)51(3,4)5)58-49(53)41-39-37-35-33-31-29-27-25-23-21-19-17-15-13-11-9-7-2/h9,11,15,17,21,23,27,29,33,35,46-47H,6-8,10,12-14,16,18-20,22,24-26,28,30-32,34,36-45H2,1-5H3/b11-9+,17-15+,23-21+,29-27+,35-33+. The van der Waals surface area contributed by atoms with Crippen molar-refractivity contribution in [1.29, 1.82) is 0 Å². The minimum absolute atomic E-state index is 0.0177. The molecule has 0 rings (SSSR count). The lowest BCUT2D eigenvalue weighted by Crippen LogP contribution is -2.55. The van der Waals surface area contributed by atoms with E-state index in [-0.39, 0.29) is 49.1 Å². The van der Waals surface area contributed by atoms with Gasteiger partial charge in [0.05, 0.1) is 40.3 Å². The number of ether oxygens (including phenoxy) is 3. The lowest BCUT2D eigenvalue weighted by molar-refractivity contribution is -0.889. The first-order chi connectivity index (χ1) is 28.1. The molecule has 0 saturated heterocycles. The Bertz CT molecular complexity index is 1130. The van der Waals surface area contributed by atoms with E-state index in [1.807, 2.05) is 0 Å². The van der Waals surface area contributed by atoms with Crippen LogP contribution in [-0.2, 0) is 28.6 Å². The maximum atomic E-state index is 12.7. The third kappa shape index (κ3) is 38.5. The Hall–Kier alpha value is -2.97. The minimum atomic E-state index is -1.13. The van der Waals surface area contributed by atoms with E-state index in [4.69, 9.17) is 14.2 Å². The third-order valence-electron chi connectivity index (χ3n) is 10.2. The number of carbonyl (C=O) groups is 3. The summed E-state index contributed by atoms with van der Waals surface area (Å²) >= 11 is 0. The Kier molecular flexibility index (Phi) is 38.7. The van der Waals surface area contributed by atoms with Crippen LogP contribution >= 0.6 is 0 Å². The van der Waals surface area contributed by atoms with Crippen molar-refractivity contribution in [3.8, 4) is 0 Å². The predicted octanol–water partition coefficient (Wildman–Crippen LogP) is 11.6. The Labute approximate surface area is 356 Å². The number of allylic oxidation sites excluding steroid dienone is 10. The van der Waals surface area contributed by atoms with E-state index in [1.54, 1.807) is 21.1 Å². The molecule has 8 nitrogen and oxygen atoms in total. The average molecular weight is 814 g/mol. The largest absolute Gasteiger partial charge is 0.544 e. The van der Waals surface area contributed by atoms with Gasteiger partial charge >= 0.3 is 11.9 Å². The van der Waals surface area contributed by atoms with Gasteiger partial charge in [-0.05, 0) is 51.4 Å². The fraction of sp³-hybridized carbons (Fsp3) is 0.740. The van der Waals surface area contributed by atoms with E-state index in [1.165, 1.54) is 89.9 Å². The molecular formula is C50H87NO7. The minimum Gasteiger partial charge on any atom is -0.544 e. The fourth-order valence-corrected chi connectivity index (χ4v) is 6.58. The first kappa shape index (κ1) is 55.0. The molecule has 0 bridgehead atoms. The number of aliphatic carboxylic acids is 1. The monoisotopic (exact) mass is 814 g/mol. The zero-order valence-corrected chi connectivity index (χ0v) is 37.9. The first-order valence-corrected chi connectivity index (χ1v) is 23.3. The van der Waals surface area contributed by atoms with Gasteiger partial charge in [-0.1, -0.05) is 177 Å². The summed E-state index contributed by atoms with van der Waals surface area (Å²) < 4.78 is 17.1. The number of nitrogens with zero attached hydrogens (tertiary/aromatic N) is 1. The number of carboxylic acid groups (broad SMARTS) is 1. The number of esters is 2. The van der Waals surface area contributed by atoms with Crippen molar-refractivity contribution in [3.63, 3.8) is 0 Å². The van der Waals surface area contributed by atoms with Crippen LogP contribution in [-0.4, -0.2) is 75.5 Å². The Balaban J connectivity index is 4.39. The quantitative estimate of drug-likeness (QED) is 0.0262. The highest BCUT2D eigenvalue weighted by Crippen LogP contribution is 2.15. The predicted molar refractivity (Wildman–Crippen MR) is 240 cm³/mol. The molecule has 2 atom stereocenters. The number of unbranched alkanes of at least 4 members (excludes halogenated alkanes) is 17. The van der Waals surface area contributed by atoms with E-state index >= 15 is 0 Å². The first-order valence-electron chi connectivity index (χ1n) is 23.3. The molecular weight excluding hydrogens is 727 g/mol. The van der Waals surface area contributed by atoms with E-state index < -0.39 is 18.1 Å². The van der Waals surface area contributed by atoms with E-state index in [0.717, 1.165) is 57.8 Å². The van der Waals surface area contributed by atoms with Gasteiger partial charge in [0.1, 0.15) is 12.6 Å². The van der Waals surface area contributed by atoms with Gasteiger partial charge in [0.2, 0.25) is 0 Å². The number of carbonyl (C=O) groups excluding carboxylic acids is 3. The average Bonchev–Trinajstić information content (AvgIpc) is 3.18. The number of carboxylic acids is 1. The molecule has 0 radical (unpaired) electrons. The maximum absolute atomic E-state index is 12.7. The molecule has 0 aromatic carbocycles. The summed E-state index contributed by atoms with van der Waals surface area (Å²) in [4.78, 5) is 36.9. The molecule has 0 spiro atoms. The van der Waals surface area contributed by atoms with Crippen LogP contribution in [0.3, 0.4) is 0 Å². The highest BCUT2D eigenvalue weighted by atomic mass is 16.6. The molecule has 0 N–H and O–H groups in total. The van der Waals surface area contributed by atoms with Crippen molar-refractivity contribution < 1.29 is 38.2 Å². The van der Waals surface area contributed by atoms with E-state index in [0.29, 0.717) is 12.8 Å². The van der Waals surface area contributed by atoms with Gasteiger partial charge in [0, 0.05) is 19.3 Å². The van der Waals surface area contributed by atoms with E-state index in [2.05, 4.69) is 74.6 Å². The van der Waals surface area contributed by atoms with Gasteiger partial charge < -0.3 is 28.6 Å². The smallest absolute Gasteiger partial charge is 0.306 e. The zero-order valence-electron chi connectivity index (χ0n) is 37.9. The molecule has 0 aliphatic heterocycles. The maximum Gasteiger partial charge on any atom is 0.306 e. The molecule has 2 unspecified atom stereocenters. The number of hydrogen-bond acceptors (Lipinski definition) is 7. The molecule has 334 valence electrons. The van der Waals surface area contributed by atoms with Crippen molar-refractivity contribution in [1.82, 2.24) is 0 Å². The molecule has 8 heteroatoms. The van der Waals surface area contributed by atoms with Crippen molar-refractivity contribution in [2.75, 3.05) is 41.0 Å². The van der Waals surface area contributed by atoms with Crippen LogP contribution in [0.15, 0.2) is 60.8 Å². The Morgan fingerprint density at radius 3 is 1.41 bits per heavy atom. The summed E-state index contributed by atoms with van der Waals surface area (Å²) in [5.74, 6) is -1.81. The van der Waals surface area contributed by atoms with Crippen molar-refractivity contribution >= 4 is 17.9 Å². The number of likely N-dealkylation sites (N-methyl/N-ethyl adjacent to an activating group) is 1. The molecule has 0 saturated carbocycles. The van der Waals surface area contributed by atoms with Crippen molar-refractivity contribution in [3.05, 3.63) is 60.8 Å². The summed E-state index contributed by atoms with van der Waals surface area (Å²) in [5, 5.41) is 11.6. The van der Waals surface area contributed by atoms with Crippen molar-refractivity contribution in [2.45, 2.75) is 199 Å². The molecule has 0 fully saturated rings. The summed E-state index contributed by atoms with van der Waals surface area (Å²) in [7, 11) is 5.39. The normalized spacial score (nSPS) is 13.5.